The number of rotatable bonds is 26. The predicted octanol–water partition coefficient (Wildman–Crippen LogP) is 6.05. The Morgan fingerprint density at radius 3 is 1.64 bits per heavy atom. The Morgan fingerprint density at radius 1 is 0.611 bits per heavy atom. The molecule has 7 nitrogen and oxygen atoms in total. The number of carbonyl (C=O) groups excluding carboxylic acids is 1. The largest absolute Gasteiger partial charge is 0.459 e. The van der Waals surface area contributed by atoms with Gasteiger partial charge in [-0.1, -0.05) is 97.8 Å². The first-order valence-electron chi connectivity index (χ1n) is 14.3. The quantitative estimate of drug-likeness (QED) is 0.0947. The molecule has 0 bridgehead atoms. The number of unbranched alkanes of at least 4 members (excludes halogenated alkanes) is 12. The van der Waals surface area contributed by atoms with E-state index in [1.807, 2.05) is 0 Å². The van der Waals surface area contributed by atoms with Gasteiger partial charge >= 0.3 is 5.97 Å². The minimum atomic E-state index is -3.40. The van der Waals surface area contributed by atoms with Gasteiger partial charge in [0.1, 0.15) is 6.10 Å². The molecule has 36 heavy (non-hydrogen) atoms. The van der Waals surface area contributed by atoms with Crippen molar-refractivity contribution in [1.29, 1.82) is 0 Å². The van der Waals surface area contributed by atoms with E-state index < -0.39 is 31.7 Å². The van der Waals surface area contributed by atoms with Gasteiger partial charge in [-0.05, 0) is 19.3 Å². The summed E-state index contributed by atoms with van der Waals surface area (Å²) in [7, 11) is -6.61. The Hall–Kier alpha value is -0.670. The van der Waals surface area contributed by atoms with Crippen molar-refractivity contribution in [2.24, 2.45) is 0 Å². The smallest absolute Gasteiger partial charge is 0.306 e. The molecule has 0 unspecified atom stereocenters. The molecule has 0 aromatic rings. The van der Waals surface area contributed by atoms with Gasteiger partial charge in [-0.2, -0.15) is 0 Å². The molecule has 0 radical (unpaired) electrons. The van der Waals surface area contributed by atoms with Gasteiger partial charge in [-0.25, -0.2) is 16.8 Å². The van der Waals surface area contributed by atoms with Crippen LogP contribution in [0, 0.1) is 0 Å². The van der Waals surface area contributed by atoms with Crippen LogP contribution in [0.2, 0.25) is 0 Å². The van der Waals surface area contributed by atoms with Crippen molar-refractivity contribution < 1.29 is 31.1 Å². The lowest BCUT2D eigenvalue weighted by Crippen LogP contribution is -2.33. The Labute approximate surface area is 222 Å². The molecule has 0 aliphatic heterocycles. The van der Waals surface area contributed by atoms with Crippen molar-refractivity contribution in [3.05, 3.63) is 0 Å². The molecular weight excluding hydrogens is 500 g/mol. The first-order chi connectivity index (χ1) is 17.2. The molecule has 0 spiro atoms. The molecule has 0 rings (SSSR count). The zero-order valence-electron chi connectivity index (χ0n) is 23.3. The minimum absolute atomic E-state index is 0.0293. The van der Waals surface area contributed by atoms with Crippen molar-refractivity contribution in [3.63, 3.8) is 0 Å². The molecule has 9 heteroatoms. The van der Waals surface area contributed by atoms with E-state index >= 15 is 0 Å². The first kappa shape index (κ1) is 35.3. The van der Waals surface area contributed by atoms with E-state index in [-0.39, 0.29) is 42.6 Å². The summed E-state index contributed by atoms with van der Waals surface area (Å²) in [5, 5.41) is 0. The molecule has 0 heterocycles. The lowest BCUT2D eigenvalue weighted by molar-refractivity contribution is -0.150. The fraction of sp³-hybridized carbons (Fsp3) is 0.963. The molecule has 0 aliphatic rings. The summed E-state index contributed by atoms with van der Waals surface area (Å²) in [6.07, 6.45) is 14.0. The van der Waals surface area contributed by atoms with E-state index in [1.165, 1.54) is 19.3 Å². The average Bonchev–Trinajstić information content (AvgIpc) is 2.81. The molecule has 0 saturated carbocycles. The summed E-state index contributed by atoms with van der Waals surface area (Å²) < 4.78 is 60.6. The Balaban J connectivity index is 4.63. The molecule has 0 aromatic carbocycles. The number of sulfone groups is 2. The molecule has 216 valence electrons. The van der Waals surface area contributed by atoms with Gasteiger partial charge in [-0.3, -0.25) is 4.79 Å². The monoisotopic (exact) mass is 554 g/mol. The molecule has 0 aromatic heterocycles. The van der Waals surface area contributed by atoms with Crippen LogP contribution in [-0.4, -0.2) is 65.1 Å². The SMILES string of the molecule is CCCCCCCCCC(=O)O[C@H](COCCS(=O)(=O)CCCCCC)CS(=O)(=O)CCCCCC. The fourth-order valence-corrected chi connectivity index (χ4v) is 6.72. The minimum Gasteiger partial charge on any atom is -0.459 e. The van der Waals surface area contributed by atoms with Gasteiger partial charge in [0.05, 0.1) is 36.2 Å². The Bertz CT molecular complexity index is 733. The van der Waals surface area contributed by atoms with Crippen LogP contribution in [0.5, 0.6) is 0 Å². The van der Waals surface area contributed by atoms with Gasteiger partial charge < -0.3 is 9.47 Å². The van der Waals surface area contributed by atoms with Crippen molar-refractivity contribution in [3.8, 4) is 0 Å². The third-order valence-electron chi connectivity index (χ3n) is 6.18. The molecule has 0 amide bonds. The second-order valence-corrected chi connectivity index (χ2v) is 14.5. The van der Waals surface area contributed by atoms with Gasteiger partial charge in [0, 0.05) is 6.42 Å². The zero-order chi connectivity index (χ0) is 27.1. The molecule has 0 aliphatic carbocycles. The highest BCUT2D eigenvalue weighted by Gasteiger charge is 2.23. The van der Waals surface area contributed by atoms with Crippen LogP contribution >= 0.6 is 0 Å². The number of carbonyl (C=O) groups is 1. The van der Waals surface area contributed by atoms with Crippen molar-refractivity contribution in [2.45, 2.75) is 130 Å². The number of hydrogen-bond donors (Lipinski definition) is 0. The molecule has 1 atom stereocenters. The lowest BCUT2D eigenvalue weighted by Gasteiger charge is -2.18. The van der Waals surface area contributed by atoms with E-state index in [1.54, 1.807) is 0 Å². The topological polar surface area (TPSA) is 104 Å². The summed E-state index contributed by atoms with van der Waals surface area (Å²) in [5.74, 6) is -0.612. The summed E-state index contributed by atoms with van der Waals surface area (Å²) in [5.41, 5.74) is 0. The molecule has 0 saturated heterocycles. The molecule has 0 N–H and O–H groups in total. The fourth-order valence-electron chi connectivity index (χ4n) is 3.95. The van der Waals surface area contributed by atoms with Gasteiger partial charge in [0.25, 0.3) is 0 Å². The average molecular weight is 555 g/mol. The normalized spacial score (nSPS) is 13.1. The maximum Gasteiger partial charge on any atom is 0.306 e. The summed E-state index contributed by atoms with van der Waals surface area (Å²) in [6.45, 7) is 6.18. The summed E-state index contributed by atoms with van der Waals surface area (Å²) in [4.78, 5) is 12.4. The maximum absolute atomic E-state index is 12.6. The number of esters is 1. The van der Waals surface area contributed by atoms with E-state index in [4.69, 9.17) is 9.47 Å². The lowest BCUT2D eigenvalue weighted by atomic mass is 10.1. The zero-order valence-corrected chi connectivity index (χ0v) is 24.9. The van der Waals surface area contributed by atoms with Gasteiger partial charge in [0.15, 0.2) is 19.7 Å². The van der Waals surface area contributed by atoms with E-state index in [2.05, 4.69) is 20.8 Å². The predicted molar refractivity (Wildman–Crippen MR) is 149 cm³/mol. The number of hydrogen-bond acceptors (Lipinski definition) is 7. The van der Waals surface area contributed by atoms with E-state index in [0.717, 1.165) is 64.2 Å². The second kappa shape index (κ2) is 22.3. The van der Waals surface area contributed by atoms with Crippen LogP contribution in [0.15, 0.2) is 0 Å². The number of ether oxygens (including phenoxy) is 2. The van der Waals surface area contributed by atoms with Crippen LogP contribution < -0.4 is 0 Å². The first-order valence-corrected chi connectivity index (χ1v) is 18.0. The highest BCUT2D eigenvalue weighted by atomic mass is 32.2. The van der Waals surface area contributed by atoms with E-state index in [0.29, 0.717) is 12.8 Å². The van der Waals surface area contributed by atoms with Crippen LogP contribution in [-0.2, 0) is 33.9 Å². The van der Waals surface area contributed by atoms with Crippen LogP contribution in [0.25, 0.3) is 0 Å². The standard InChI is InChI=1S/C27H54O7S2/c1-4-7-10-13-14-15-16-19-27(28)34-26(25-36(31,32)22-18-12-9-6-3)24-33-20-23-35(29,30)21-17-11-8-5-2/h26H,4-25H2,1-3H3/t26-/m1/s1. The molecular formula is C27H54O7S2. The third-order valence-corrected chi connectivity index (χ3v) is 9.67. The Morgan fingerprint density at radius 2 is 1.08 bits per heavy atom. The van der Waals surface area contributed by atoms with Crippen molar-refractivity contribution >= 4 is 25.6 Å². The van der Waals surface area contributed by atoms with E-state index in [9.17, 15) is 21.6 Å². The summed E-state index contributed by atoms with van der Waals surface area (Å²) in [6, 6.07) is 0. The maximum atomic E-state index is 12.6. The van der Waals surface area contributed by atoms with Crippen LogP contribution in [0.4, 0.5) is 0 Å². The third kappa shape index (κ3) is 22.5. The Kier molecular flexibility index (Phi) is 21.9. The highest BCUT2D eigenvalue weighted by molar-refractivity contribution is 7.91. The summed E-state index contributed by atoms with van der Waals surface area (Å²) >= 11 is 0. The van der Waals surface area contributed by atoms with Gasteiger partial charge in [-0.15, -0.1) is 0 Å². The molecule has 0 fully saturated rings. The second-order valence-electron chi connectivity index (χ2n) is 9.95. The van der Waals surface area contributed by atoms with Crippen molar-refractivity contribution in [2.75, 3.05) is 36.2 Å². The highest BCUT2D eigenvalue weighted by Crippen LogP contribution is 2.11. The van der Waals surface area contributed by atoms with Crippen molar-refractivity contribution in [1.82, 2.24) is 0 Å². The van der Waals surface area contributed by atoms with Crippen LogP contribution in [0.3, 0.4) is 0 Å². The van der Waals surface area contributed by atoms with Gasteiger partial charge in [0.2, 0.25) is 0 Å². The van der Waals surface area contributed by atoms with Crippen LogP contribution in [0.1, 0.15) is 124 Å².